The van der Waals surface area contributed by atoms with Crippen molar-refractivity contribution in [2.45, 2.75) is 146 Å². The van der Waals surface area contributed by atoms with Crippen LogP contribution in [0.3, 0.4) is 0 Å². The van der Waals surface area contributed by atoms with Crippen molar-refractivity contribution in [3.63, 3.8) is 0 Å². The average Bonchev–Trinajstić information content (AvgIpc) is 4.15. The topological polar surface area (TPSA) is 277 Å². The minimum absolute atomic E-state index is 0.0178. The maximum Gasteiger partial charge on any atom is 0.329 e. The third kappa shape index (κ3) is 25.0. The van der Waals surface area contributed by atoms with Crippen molar-refractivity contribution in [1.82, 2.24) is 26.4 Å². The van der Waals surface area contributed by atoms with Crippen LogP contribution in [0.5, 0.6) is 0 Å². The van der Waals surface area contributed by atoms with Crippen LogP contribution in [0.2, 0.25) is 0 Å². The molecule has 63 heavy (non-hydrogen) atoms. The number of carbonyl (C=O) groups is 7. The van der Waals surface area contributed by atoms with Gasteiger partial charge in [0, 0.05) is 44.8 Å². The highest BCUT2D eigenvalue weighted by Crippen LogP contribution is 2.47. The molecule has 0 aliphatic heterocycles. The largest absolute Gasteiger partial charge is 0.481 e. The molecule has 0 aromatic rings. The number of hydrogen-bond donors (Lipinski definition) is 8. The van der Waals surface area contributed by atoms with E-state index in [1.165, 1.54) is 44.9 Å². The number of carboxylic acids is 3. The number of hydrogen-bond acceptors (Lipinski definition) is 12. The van der Waals surface area contributed by atoms with E-state index in [1.807, 2.05) is 0 Å². The van der Waals surface area contributed by atoms with Crippen molar-refractivity contribution in [2.24, 2.45) is 11.8 Å². The molecule has 5 atom stereocenters. The fourth-order valence-electron chi connectivity index (χ4n) is 7.49. The second-order valence-corrected chi connectivity index (χ2v) is 16.9. The predicted molar refractivity (Wildman–Crippen MR) is 236 cm³/mol. The van der Waals surface area contributed by atoms with Crippen LogP contribution in [0, 0.1) is 11.8 Å². The van der Waals surface area contributed by atoms with E-state index in [0.717, 1.165) is 38.5 Å². The van der Waals surface area contributed by atoms with E-state index in [9.17, 15) is 43.8 Å². The molecule has 0 spiro atoms. The summed E-state index contributed by atoms with van der Waals surface area (Å²) in [5.74, 6) is -4.35. The molecule has 2 aliphatic rings. The average molecular weight is 918 g/mol. The first kappa shape index (κ1) is 55.7. The maximum absolute atomic E-state index is 12.6. The Hall–Kier alpha value is -3.48. The van der Waals surface area contributed by atoms with Crippen LogP contribution in [0.1, 0.15) is 135 Å². The lowest BCUT2D eigenvalue weighted by Crippen LogP contribution is -2.45. The van der Waals surface area contributed by atoms with Crippen LogP contribution in [-0.2, 0) is 52.5 Å². The predicted octanol–water partition coefficient (Wildman–Crippen LogP) is 3.08. The molecule has 0 bridgehead atoms. The lowest BCUT2D eigenvalue weighted by atomic mass is 10.0. The van der Waals surface area contributed by atoms with Gasteiger partial charge < -0.3 is 55.5 Å². The fourth-order valence-corrected chi connectivity index (χ4v) is 7.96. The first-order chi connectivity index (χ1) is 30.4. The summed E-state index contributed by atoms with van der Waals surface area (Å²) in [6.07, 6.45) is 17.7. The van der Waals surface area contributed by atoms with Gasteiger partial charge in [-0.2, -0.15) is 0 Å². The van der Waals surface area contributed by atoms with Crippen LogP contribution >= 0.6 is 9.39 Å². The fraction of sp³-hybridized carbons (Fsp3) is 0.837. The van der Waals surface area contributed by atoms with Gasteiger partial charge in [0.05, 0.1) is 39.6 Å². The number of amides is 4. The van der Waals surface area contributed by atoms with Gasteiger partial charge >= 0.3 is 17.9 Å². The molecule has 2 rings (SSSR count). The number of ether oxygens (including phenoxy) is 4. The van der Waals surface area contributed by atoms with Gasteiger partial charge in [-0.05, 0) is 44.4 Å². The van der Waals surface area contributed by atoms with Crippen LogP contribution < -0.4 is 26.4 Å². The highest BCUT2D eigenvalue weighted by atomic mass is 31.0. The first-order valence-corrected chi connectivity index (χ1v) is 23.5. The van der Waals surface area contributed by atoms with E-state index >= 15 is 0 Å². The van der Waals surface area contributed by atoms with Crippen molar-refractivity contribution >= 4 is 50.9 Å². The molecule has 2 aliphatic carbocycles. The minimum atomic E-state index is -1.40. The van der Waals surface area contributed by atoms with Crippen LogP contribution in [0.15, 0.2) is 0 Å². The number of unbranched alkanes of at least 4 members (excludes halogenated alkanes) is 13. The third-order valence-electron chi connectivity index (χ3n) is 11.5. The minimum Gasteiger partial charge on any atom is -0.481 e. The molecule has 0 aromatic carbocycles. The molecule has 20 heteroatoms. The molecule has 362 valence electrons. The molecule has 19 nitrogen and oxygen atoms in total. The monoisotopic (exact) mass is 918 g/mol. The summed E-state index contributed by atoms with van der Waals surface area (Å²) in [4.78, 5) is 82.7. The Morgan fingerprint density at radius 1 is 0.476 bits per heavy atom. The molecule has 0 radical (unpaired) electrons. The van der Waals surface area contributed by atoms with Gasteiger partial charge in [0.25, 0.3) is 0 Å². The summed E-state index contributed by atoms with van der Waals surface area (Å²) in [6.45, 7) is 1.90. The van der Waals surface area contributed by atoms with E-state index in [2.05, 4.69) is 35.7 Å². The highest BCUT2D eigenvalue weighted by molar-refractivity contribution is 7.13. The number of carbonyl (C=O) groups excluding carboxylic acids is 4. The van der Waals surface area contributed by atoms with E-state index in [0.29, 0.717) is 32.2 Å². The lowest BCUT2D eigenvalue weighted by Gasteiger charge is -2.15. The zero-order valence-electron chi connectivity index (χ0n) is 37.2. The summed E-state index contributed by atoms with van der Waals surface area (Å²) in [7, 11) is 2.26. The van der Waals surface area contributed by atoms with E-state index in [1.54, 1.807) is 0 Å². The summed E-state index contributed by atoms with van der Waals surface area (Å²) >= 11 is 0. The zero-order chi connectivity index (χ0) is 46.2. The highest BCUT2D eigenvalue weighted by Gasteiger charge is 2.62. The Morgan fingerprint density at radius 2 is 0.905 bits per heavy atom. The number of aliphatic carboxylic acids is 3. The van der Waals surface area contributed by atoms with Gasteiger partial charge in [-0.15, -0.1) is 0 Å². The Bertz CT molecular complexity index is 1400. The Morgan fingerprint density at radius 3 is 1.37 bits per heavy atom. The smallest absolute Gasteiger partial charge is 0.329 e. The Labute approximate surface area is 374 Å². The van der Waals surface area contributed by atoms with Gasteiger partial charge in [0.15, 0.2) is 0 Å². The van der Waals surface area contributed by atoms with E-state index < -0.39 is 34.9 Å². The maximum atomic E-state index is 12.6. The zero-order valence-corrected chi connectivity index (χ0v) is 38.3. The molecule has 4 amide bonds. The molecule has 8 N–H and O–H groups in total. The number of nitrogens with one attached hydrogen (secondary N) is 5. The summed E-state index contributed by atoms with van der Waals surface area (Å²) in [5.41, 5.74) is -2.26. The van der Waals surface area contributed by atoms with Gasteiger partial charge in [0.1, 0.15) is 24.3 Å². The second kappa shape index (κ2) is 33.1. The molecule has 5 unspecified atom stereocenters. The van der Waals surface area contributed by atoms with E-state index in [-0.39, 0.29) is 121 Å². The van der Waals surface area contributed by atoms with Gasteiger partial charge in [0.2, 0.25) is 23.6 Å². The molecule has 0 saturated heterocycles. The van der Waals surface area contributed by atoms with Crippen molar-refractivity contribution in [2.75, 3.05) is 72.5 Å². The molecular formula is C43H76N5O14P. The van der Waals surface area contributed by atoms with Crippen molar-refractivity contribution in [3.8, 4) is 0 Å². The van der Waals surface area contributed by atoms with Gasteiger partial charge in [-0.1, -0.05) is 86.4 Å². The second-order valence-electron chi connectivity index (χ2n) is 16.6. The quantitative estimate of drug-likeness (QED) is 0.0323. The molecular weight excluding hydrogens is 841 g/mol. The summed E-state index contributed by atoms with van der Waals surface area (Å²) in [6, 6.07) is 0. The third-order valence-corrected chi connectivity index (χ3v) is 12.0. The van der Waals surface area contributed by atoms with Crippen molar-refractivity contribution in [3.05, 3.63) is 0 Å². The van der Waals surface area contributed by atoms with Crippen molar-refractivity contribution in [1.29, 1.82) is 0 Å². The first-order valence-electron chi connectivity index (χ1n) is 22.9. The van der Waals surface area contributed by atoms with E-state index in [4.69, 9.17) is 24.1 Å². The molecule has 0 heterocycles. The Balaban J connectivity index is 1.34. The normalized spacial score (nSPS) is 19.8. The Kier molecular flexibility index (Phi) is 29.2. The number of rotatable bonds is 43. The van der Waals surface area contributed by atoms with Crippen LogP contribution in [0.4, 0.5) is 0 Å². The molecule has 2 fully saturated rings. The van der Waals surface area contributed by atoms with Crippen LogP contribution in [0.25, 0.3) is 0 Å². The molecule has 2 saturated carbocycles. The van der Waals surface area contributed by atoms with Crippen molar-refractivity contribution < 1.29 is 67.8 Å². The standard InChI is InChI=1S/C43H76N5O14P/c49-35(17-13-11-9-7-5-3-1-2-4-6-8-10-12-14-18-39(53)54)47-42(40(55)56)30-34(42)28-36(50)45-20-22-59-24-27-62-32-38(52)46-21-23-60-25-26-61-31-37(51)44-19-15-16-33-29-43(33,48-63)41(57)58/h33-34,48H,1-32,63H2,(H,44,51)(H,45,50)(H,46,52)(H,47,49)(H,53,54)(H,55,56)(H,57,58). The lowest BCUT2D eigenvalue weighted by molar-refractivity contribution is -0.144. The summed E-state index contributed by atoms with van der Waals surface area (Å²) in [5, 5.41) is 41.3. The van der Waals surface area contributed by atoms with Gasteiger partial charge in [-0.25, -0.2) is 4.79 Å². The molecule has 0 aromatic heterocycles. The van der Waals surface area contributed by atoms with Crippen LogP contribution in [-0.4, -0.2) is 140 Å². The number of carboxylic acid groups (broad SMARTS) is 3. The van der Waals surface area contributed by atoms with Gasteiger partial charge in [-0.3, -0.25) is 33.9 Å². The summed E-state index contributed by atoms with van der Waals surface area (Å²) < 4.78 is 21.4. The SMILES string of the molecule is O=C(O)CCCCCCCCCCCCCCCCC(=O)NC1(C(=O)O)CC1CC(=O)NCCOCCOCC(=O)NCCOCCOCC(=O)NCCCC1CC1(NP)C(=O)O.